The van der Waals surface area contributed by atoms with Gasteiger partial charge in [0.2, 0.25) is 0 Å². The quantitative estimate of drug-likeness (QED) is 0.710. The van der Waals surface area contributed by atoms with Gasteiger partial charge in [-0.25, -0.2) is 9.97 Å². The lowest BCUT2D eigenvalue weighted by atomic mass is 10.1. The van der Waals surface area contributed by atoms with Crippen molar-refractivity contribution in [3.05, 3.63) is 77.6 Å². The molecule has 2 aromatic carbocycles. The molecule has 3 rings (SSSR count). The van der Waals surface area contributed by atoms with Crippen LogP contribution in [-0.2, 0) is 0 Å². The molecule has 0 saturated heterocycles. The van der Waals surface area contributed by atoms with Gasteiger partial charge in [-0.2, -0.15) is 0 Å². The molecule has 0 spiro atoms. The van der Waals surface area contributed by atoms with E-state index >= 15 is 0 Å². The van der Waals surface area contributed by atoms with Gasteiger partial charge in [0.25, 0.3) is 0 Å². The van der Waals surface area contributed by atoms with Crippen LogP contribution in [0.4, 0.5) is 5.82 Å². The average Bonchev–Trinajstić information content (AvgIpc) is 2.61. The molecule has 1 aromatic heterocycles. The maximum Gasteiger partial charge on any atom is 0.130 e. The predicted molar refractivity (Wildman–Crippen MR) is 102 cm³/mol. The van der Waals surface area contributed by atoms with E-state index in [1.165, 1.54) is 6.33 Å². The van der Waals surface area contributed by atoms with Gasteiger partial charge >= 0.3 is 0 Å². The minimum Gasteiger partial charge on any atom is -0.368 e. The van der Waals surface area contributed by atoms with E-state index in [1.54, 1.807) is 0 Å². The van der Waals surface area contributed by atoms with Crippen LogP contribution in [-0.4, -0.2) is 16.5 Å². The second-order valence-electron chi connectivity index (χ2n) is 5.20. The first-order valence-electron chi connectivity index (χ1n) is 7.35. The van der Waals surface area contributed by atoms with Crippen molar-refractivity contribution in [1.29, 1.82) is 0 Å². The van der Waals surface area contributed by atoms with E-state index in [2.05, 4.69) is 15.3 Å². The minimum absolute atomic E-state index is 0. The molecule has 4 nitrogen and oxygen atoms in total. The molecule has 0 radical (unpaired) electrons. The van der Waals surface area contributed by atoms with Crippen LogP contribution < -0.4 is 11.1 Å². The van der Waals surface area contributed by atoms with Gasteiger partial charge in [0.15, 0.2) is 0 Å². The van der Waals surface area contributed by atoms with E-state index in [4.69, 9.17) is 17.3 Å². The lowest BCUT2D eigenvalue weighted by Crippen LogP contribution is -2.20. The van der Waals surface area contributed by atoms with Crippen molar-refractivity contribution in [2.75, 3.05) is 11.9 Å². The van der Waals surface area contributed by atoms with Crippen LogP contribution in [0.1, 0.15) is 11.6 Å². The molecule has 24 heavy (non-hydrogen) atoms. The van der Waals surface area contributed by atoms with Gasteiger partial charge in [-0.05, 0) is 17.7 Å². The number of hydrogen-bond acceptors (Lipinski definition) is 4. The van der Waals surface area contributed by atoms with Gasteiger partial charge in [0.1, 0.15) is 12.1 Å². The molecule has 3 aromatic rings. The summed E-state index contributed by atoms with van der Waals surface area (Å²) in [5, 5.41) is 3.94. The van der Waals surface area contributed by atoms with Gasteiger partial charge in [-0.3, -0.25) is 0 Å². The summed E-state index contributed by atoms with van der Waals surface area (Å²) < 4.78 is 0. The van der Waals surface area contributed by atoms with Crippen molar-refractivity contribution in [1.82, 2.24) is 9.97 Å². The second-order valence-corrected chi connectivity index (χ2v) is 5.63. The Bertz CT molecular complexity index is 781. The Morgan fingerprint density at radius 3 is 2.54 bits per heavy atom. The third kappa shape index (κ3) is 4.68. The molecular weight excluding hydrogens is 343 g/mol. The molecule has 1 heterocycles. The van der Waals surface area contributed by atoms with E-state index in [1.807, 2.05) is 60.7 Å². The van der Waals surface area contributed by atoms with Crippen molar-refractivity contribution >= 4 is 29.8 Å². The Labute approximate surface area is 152 Å². The largest absolute Gasteiger partial charge is 0.368 e. The van der Waals surface area contributed by atoms with E-state index < -0.39 is 0 Å². The van der Waals surface area contributed by atoms with Crippen LogP contribution in [0.2, 0.25) is 5.02 Å². The lowest BCUT2D eigenvalue weighted by molar-refractivity contribution is 0.761. The van der Waals surface area contributed by atoms with Crippen molar-refractivity contribution in [3.8, 4) is 11.3 Å². The van der Waals surface area contributed by atoms with Crippen LogP contribution in [0.5, 0.6) is 0 Å². The number of aromatic nitrogens is 2. The maximum absolute atomic E-state index is 6.19. The summed E-state index contributed by atoms with van der Waals surface area (Å²) >= 11 is 6.03. The zero-order valence-electron chi connectivity index (χ0n) is 12.9. The van der Waals surface area contributed by atoms with E-state index in [9.17, 15) is 0 Å². The molecule has 124 valence electrons. The van der Waals surface area contributed by atoms with Crippen molar-refractivity contribution in [2.24, 2.45) is 5.73 Å². The maximum atomic E-state index is 6.19. The van der Waals surface area contributed by atoms with Crippen LogP contribution >= 0.6 is 24.0 Å². The van der Waals surface area contributed by atoms with Crippen molar-refractivity contribution < 1.29 is 0 Å². The molecule has 0 amide bonds. The van der Waals surface area contributed by atoms with Crippen molar-refractivity contribution in [3.63, 3.8) is 0 Å². The Kier molecular flexibility index (Phi) is 6.55. The minimum atomic E-state index is -0.0965. The Hall–Kier alpha value is -2.14. The standard InChI is InChI=1S/C18H17ClN4.ClH/c19-15-8-4-7-14(9-15)17-10-18(23-12-22-17)21-11-16(20)13-5-2-1-3-6-13;/h1-10,12,16H,11,20H2,(H,21,22,23);1H/t16-;/m0./s1. The average molecular weight is 361 g/mol. The first kappa shape index (κ1) is 18.2. The molecule has 0 fully saturated rings. The zero-order chi connectivity index (χ0) is 16.1. The highest BCUT2D eigenvalue weighted by Gasteiger charge is 2.07. The monoisotopic (exact) mass is 360 g/mol. The number of hydrogen-bond donors (Lipinski definition) is 2. The third-order valence-corrected chi connectivity index (χ3v) is 3.75. The summed E-state index contributed by atoms with van der Waals surface area (Å²) in [6, 6.07) is 19.4. The fraction of sp³-hybridized carbons (Fsp3) is 0.111. The zero-order valence-corrected chi connectivity index (χ0v) is 14.5. The molecule has 1 atom stereocenters. The number of nitrogens with two attached hydrogens (primary N) is 1. The molecule has 6 heteroatoms. The van der Waals surface area contributed by atoms with Gasteiger partial charge in [0.05, 0.1) is 5.69 Å². The third-order valence-electron chi connectivity index (χ3n) is 3.52. The van der Waals surface area contributed by atoms with Crippen LogP contribution in [0.3, 0.4) is 0 Å². The molecule has 0 aliphatic carbocycles. The normalized spacial score (nSPS) is 11.4. The molecule has 0 aliphatic heterocycles. The number of nitrogens with one attached hydrogen (secondary N) is 1. The topological polar surface area (TPSA) is 63.8 Å². The number of rotatable bonds is 5. The van der Waals surface area contributed by atoms with Crippen molar-refractivity contribution in [2.45, 2.75) is 6.04 Å². The number of halogens is 2. The highest BCUT2D eigenvalue weighted by molar-refractivity contribution is 6.30. The van der Waals surface area contributed by atoms with E-state index in [-0.39, 0.29) is 18.4 Å². The summed E-state index contributed by atoms with van der Waals surface area (Å²) in [7, 11) is 0. The molecule has 3 N–H and O–H groups in total. The van der Waals surface area contributed by atoms with E-state index in [0.717, 1.165) is 22.6 Å². The fourth-order valence-electron chi connectivity index (χ4n) is 2.29. The predicted octanol–water partition coefficient (Wildman–Crippen LogP) is 4.33. The summed E-state index contributed by atoms with van der Waals surface area (Å²) in [5.41, 5.74) is 9.05. The lowest BCUT2D eigenvalue weighted by Gasteiger charge is -2.13. The molecule has 0 aliphatic rings. The second kappa shape index (κ2) is 8.64. The highest BCUT2D eigenvalue weighted by atomic mass is 35.5. The SMILES string of the molecule is Cl.N[C@@H](CNc1cc(-c2cccc(Cl)c2)ncn1)c1ccccc1. The van der Waals surface area contributed by atoms with Gasteiger partial charge in [-0.15, -0.1) is 12.4 Å². The van der Waals surface area contributed by atoms with E-state index in [0.29, 0.717) is 11.6 Å². The first-order chi connectivity index (χ1) is 11.2. The first-order valence-corrected chi connectivity index (χ1v) is 7.72. The summed E-state index contributed by atoms with van der Waals surface area (Å²) in [6.07, 6.45) is 1.53. The van der Waals surface area contributed by atoms with Gasteiger partial charge in [-0.1, -0.05) is 54.1 Å². The summed E-state index contributed by atoms with van der Waals surface area (Å²) in [6.45, 7) is 0.593. The van der Waals surface area contributed by atoms with Crippen LogP contribution in [0.15, 0.2) is 67.0 Å². The molecular formula is C18H18Cl2N4. The summed E-state index contributed by atoms with van der Waals surface area (Å²) in [5.74, 6) is 0.737. The Morgan fingerprint density at radius 2 is 1.79 bits per heavy atom. The summed E-state index contributed by atoms with van der Waals surface area (Å²) in [4.78, 5) is 8.54. The van der Waals surface area contributed by atoms with Crippen LogP contribution in [0.25, 0.3) is 11.3 Å². The highest BCUT2D eigenvalue weighted by Crippen LogP contribution is 2.22. The number of nitrogens with zero attached hydrogens (tertiary/aromatic N) is 2. The fourth-order valence-corrected chi connectivity index (χ4v) is 2.48. The number of benzene rings is 2. The smallest absolute Gasteiger partial charge is 0.130 e. The Balaban J connectivity index is 0.00000208. The number of anilines is 1. The van der Waals surface area contributed by atoms with Gasteiger partial charge in [0, 0.05) is 29.2 Å². The molecule has 0 bridgehead atoms. The molecule has 0 saturated carbocycles. The van der Waals surface area contributed by atoms with Gasteiger partial charge < -0.3 is 11.1 Å². The molecule has 0 unspecified atom stereocenters. The Morgan fingerprint density at radius 1 is 1.00 bits per heavy atom. The van der Waals surface area contributed by atoms with Crippen LogP contribution in [0, 0.1) is 0 Å².